The molecule has 0 fully saturated rings. The molecule has 1 aromatic carbocycles. The number of hydrogen-bond acceptors (Lipinski definition) is 3. The quantitative estimate of drug-likeness (QED) is 0.465. The van der Waals surface area contributed by atoms with Gasteiger partial charge in [-0.1, -0.05) is 18.2 Å². The van der Waals surface area contributed by atoms with E-state index in [-0.39, 0.29) is 0 Å². The lowest BCUT2D eigenvalue weighted by Gasteiger charge is -2.11. The molecule has 0 bridgehead atoms. The molecule has 2 rings (SSSR count). The molecule has 1 heterocycles. The number of hydrogen-bond donors (Lipinski definition) is 2. The lowest BCUT2D eigenvalue weighted by Crippen LogP contribution is -2.37. The van der Waals surface area contributed by atoms with Gasteiger partial charge in [-0.05, 0) is 37.8 Å². The van der Waals surface area contributed by atoms with Crippen molar-refractivity contribution in [3.63, 3.8) is 0 Å². The standard InChI is InChI=1S/C17H25N3OS/c1-13-14-8-4-5-9-15(14)21-16(13)12-20-17(18-2)19-10-6-7-11-22-3/h4-5,8-9H,6-7,10-12H2,1-3H3,(H2,18,19,20). The second-order valence-electron chi connectivity index (χ2n) is 5.20. The number of furan rings is 1. The zero-order valence-corrected chi connectivity index (χ0v) is 14.4. The average Bonchev–Trinajstić information content (AvgIpc) is 2.87. The van der Waals surface area contributed by atoms with Gasteiger partial charge in [0.05, 0.1) is 6.54 Å². The van der Waals surface area contributed by atoms with E-state index >= 15 is 0 Å². The number of aryl methyl sites for hydroxylation is 1. The summed E-state index contributed by atoms with van der Waals surface area (Å²) in [4.78, 5) is 4.25. The smallest absolute Gasteiger partial charge is 0.191 e. The van der Waals surface area contributed by atoms with E-state index in [4.69, 9.17) is 4.42 Å². The summed E-state index contributed by atoms with van der Waals surface area (Å²) in [5.41, 5.74) is 2.13. The van der Waals surface area contributed by atoms with Crippen molar-refractivity contribution in [2.45, 2.75) is 26.3 Å². The third-order valence-electron chi connectivity index (χ3n) is 3.65. The van der Waals surface area contributed by atoms with Crippen molar-refractivity contribution in [3.8, 4) is 0 Å². The summed E-state index contributed by atoms with van der Waals surface area (Å²) in [5, 5.41) is 7.84. The number of nitrogens with zero attached hydrogens (tertiary/aromatic N) is 1. The molecule has 0 saturated heterocycles. The van der Waals surface area contributed by atoms with E-state index in [1.54, 1.807) is 7.05 Å². The Morgan fingerprint density at radius 3 is 2.77 bits per heavy atom. The Morgan fingerprint density at radius 2 is 2.05 bits per heavy atom. The zero-order valence-electron chi connectivity index (χ0n) is 13.6. The number of rotatable bonds is 7. The molecule has 1 aromatic heterocycles. The van der Waals surface area contributed by atoms with Gasteiger partial charge >= 0.3 is 0 Å². The van der Waals surface area contributed by atoms with Crippen LogP contribution in [0.15, 0.2) is 33.7 Å². The summed E-state index contributed by atoms with van der Waals surface area (Å²) >= 11 is 1.89. The number of thioether (sulfide) groups is 1. The Hall–Kier alpha value is -1.62. The van der Waals surface area contributed by atoms with Crippen LogP contribution >= 0.6 is 11.8 Å². The molecule has 0 aliphatic rings. The lowest BCUT2D eigenvalue weighted by molar-refractivity contribution is 0.534. The minimum atomic E-state index is 0.644. The van der Waals surface area contributed by atoms with Crippen LogP contribution in [-0.2, 0) is 6.54 Å². The van der Waals surface area contributed by atoms with Gasteiger partial charge in [0.1, 0.15) is 11.3 Å². The van der Waals surface area contributed by atoms with Crippen LogP contribution in [0.25, 0.3) is 11.0 Å². The van der Waals surface area contributed by atoms with Crippen molar-refractivity contribution in [1.82, 2.24) is 10.6 Å². The molecule has 4 nitrogen and oxygen atoms in total. The van der Waals surface area contributed by atoms with Crippen molar-refractivity contribution in [2.75, 3.05) is 25.6 Å². The van der Waals surface area contributed by atoms with E-state index in [1.807, 2.05) is 30.0 Å². The summed E-state index contributed by atoms with van der Waals surface area (Å²) in [6.45, 7) is 3.69. The Bertz CT molecular complexity index is 621. The van der Waals surface area contributed by atoms with E-state index in [0.717, 1.165) is 30.3 Å². The third kappa shape index (κ3) is 4.44. The number of fused-ring (bicyclic) bond motifs is 1. The molecular formula is C17H25N3OS. The maximum atomic E-state index is 5.90. The Labute approximate surface area is 136 Å². The molecule has 0 aliphatic carbocycles. The first kappa shape index (κ1) is 16.7. The van der Waals surface area contributed by atoms with Crippen LogP contribution in [0.3, 0.4) is 0 Å². The molecule has 0 unspecified atom stereocenters. The van der Waals surface area contributed by atoms with Gasteiger partial charge in [0.15, 0.2) is 5.96 Å². The molecule has 0 saturated carbocycles. The van der Waals surface area contributed by atoms with E-state index in [2.05, 4.69) is 34.9 Å². The van der Waals surface area contributed by atoms with Gasteiger partial charge < -0.3 is 15.1 Å². The van der Waals surface area contributed by atoms with E-state index in [1.165, 1.54) is 23.1 Å². The molecule has 0 atom stereocenters. The number of para-hydroxylation sites is 1. The fourth-order valence-electron chi connectivity index (χ4n) is 2.36. The molecule has 22 heavy (non-hydrogen) atoms. The topological polar surface area (TPSA) is 49.6 Å². The Kier molecular flexibility index (Phi) is 6.65. The Balaban J connectivity index is 1.85. The molecule has 0 aliphatic heterocycles. The summed E-state index contributed by atoms with van der Waals surface area (Å²) in [5.74, 6) is 3.00. The van der Waals surface area contributed by atoms with Gasteiger partial charge in [-0.15, -0.1) is 0 Å². The largest absolute Gasteiger partial charge is 0.459 e. The fourth-order valence-corrected chi connectivity index (χ4v) is 2.85. The molecule has 2 N–H and O–H groups in total. The van der Waals surface area contributed by atoms with Crippen LogP contribution in [0, 0.1) is 6.92 Å². The van der Waals surface area contributed by atoms with Gasteiger partial charge in [0, 0.05) is 24.5 Å². The highest BCUT2D eigenvalue weighted by molar-refractivity contribution is 7.98. The molecule has 0 amide bonds. The van der Waals surface area contributed by atoms with Crippen molar-refractivity contribution >= 4 is 28.7 Å². The van der Waals surface area contributed by atoms with Crippen LogP contribution < -0.4 is 10.6 Å². The molecular weight excluding hydrogens is 294 g/mol. The Morgan fingerprint density at radius 1 is 1.23 bits per heavy atom. The monoisotopic (exact) mass is 319 g/mol. The predicted molar refractivity (Wildman–Crippen MR) is 96.8 cm³/mol. The molecule has 120 valence electrons. The first-order valence-corrected chi connectivity index (χ1v) is 9.06. The zero-order chi connectivity index (χ0) is 15.8. The molecule has 2 aromatic rings. The number of nitrogens with one attached hydrogen (secondary N) is 2. The SMILES string of the molecule is CN=C(NCCCCSC)NCc1oc2ccccc2c1C. The van der Waals surface area contributed by atoms with Gasteiger partial charge in [0.2, 0.25) is 0 Å². The van der Waals surface area contributed by atoms with Crippen molar-refractivity contribution in [2.24, 2.45) is 4.99 Å². The highest BCUT2D eigenvalue weighted by Crippen LogP contribution is 2.24. The average molecular weight is 319 g/mol. The maximum absolute atomic E-state index is 5.90. The summed E-state index contributed by atoms with van der Waals surface area (Å²) in [7, 11) is 1.79. The van der Waals surface area contributed by atoms with E-state index in [9.17, 15) is 0 Å². The van der Waals surface area contributed by atoms with Crippen LogP contribution in [-0.4, -0.2) is 31.6 Å². The molecule has 5 heteroatoms. The predicted octanol–water partition coefficient (Wildman–Crippen LogP) is 3.55. The minimum Gasteiger partial charge on any atom is -0.459 e. The fraction of sp³-hybridized carbons (Fsp3) is 0.471. The normalized spacial score (nSPS) is 11.9. The second kappa shape index (κ2) is 8.73. The van der Waals surface area contributed by atoms with Crippen molar-refractivity contribution in [3.05, 3.63) is 35.6 Å². The van der Waals surface area contributed by atoms with Crippen LogP contribution in [0.2, 0.25) is 0 Å². The second-order valence-corrected chi connectivity index (χ2v) is 6.18. The number of unbranched alkanes of at least 4 members (excludes halogenated alkanes) is 1. The maximum Gasteiger partial charge on any atom is 0.191 e. The van der Waals surface area contributed by atoms with Gasteiger partial charge in [-0.25, -0.2) is 0 Å². The van der Waals surface area contributed by atoms with Gasteiger partial charge in [-0.3, -0.25) is 4.99 Å². The summed E-state index contributed by atoms with van der Waals surface area (Å²) < 4.78 is 5.90. The first-order chi connectivity index (χ1) is 10.8. The minimum absolute atomic E-state index is 0.644. The van der Waals surface area contributed by atoms with Gasteiger partial charge in [0.25, 0.3) is 0 Å². The van der Waals surface area contributed by atoms with E-state index in [0.29, 0.717) is 6.54 Å². The molecule has 0 radical (unpaired) electrons. The van der Waals surface area contributed by atoms with Crippen LogP contribution in [0.1, 0.15) is 24.2 Å². The van der Waals surface area contributed by atoms with Crippen molar-refractivity contribution < 1.29 is 4.42 Å². The molecule has 0 spiro atoms. The number of benzene rings is 1. The number of guanidine groups is 1. The summed E-state index contributed by atoms with van der Waals surface area (Å²) in [6, 6.07) is 8.13. The van der Waals surface area contributed by atoms with Crippen molar-refractivity contribution in [1.29, 1.82) is 0 Å². The highest BCUT2D eigenvalue weighted by Gasteiger charge is 2.10. The number of aliphatic imine (C=N–C) groups is 1. The summed E-state index contributed by atoms with van der Waals surface area (Å²) in [6.07, 6.45) is 4.53. The van der Waals surface area contributed by atoms with Crippen LogP contribution in [0.4, 0.5) is 0 Å². The lowest BCUT2D eigenvalue weighted by atomic mass is 10.1. The van der Waals surface area contributed by atoms with Gasteiger partial charge in [-0.2, -0.15) is 11.8 Å². The van der Waals surface area contributed by atoms with E-state index < -0.39 is 0 Å². The van der Waals surface area contributed by atoms with Crippen LogP contribution in [0.5, 0.6) is 0 Å². The first-order valence-electron chi connectivity index (χ1n) is 7.66. The highest BCUT2D eigenvalue weighted by atomic mass is 32.2. The third-order valence-corrected chi connectivity index (χ3v) is 4.35.